The molecule has 3 heteroatoms. The zero-order chi connectivity index (χ0) is 11.8. The second-order valence-corrected chi connectivity index (χ2v) is 6.04. The molecule has 1 saturated carbocycles. The minimum atomic E-state index is 0.558. The molecule has 0 aromatic heterocycles. The van der Waals surface area contributed by atoms with Gasteiger partial charge in [-0.25, -0.2) is 0 Å². The average Bonchev–Trinajstić information content (AvgIpc) is 3.11. The van der Waals surface area contributed by atoms with Crippen LogP contribution in [0.15, 0.2) is 18.2 Å². The van der Waals surface area contributed by atoms with Crippen LogP contribution in [0.3, 0.4) is 0 Å². The van der Waals surface area contributed by atoms with E-state index in [1.54, 1.807) is 0 Å². The minimum Gasteiger partial charge on any atom is -0.374 e. The fraction of sp³-hybridized carbons (Fsp3) is 0.571. The van der Waals surface area contributed by atoms with Crippen LogP contribution < -0.4 is 15.5 Å². The lowest BCUT2D eigenvalue weighted by Gasteiger charge is -2.22. The number of hydrogen-bond donors (Lipinski definition) is 1. The Labute approximate surface area is 106 Å². The standard InChI is InChI=1S/C14H21N2P/c1-16-8-2-3-13(15-10-4-5-10)12-9-11(17)6-7-14(12)16/h6-7,9-10,13,15H,2-5,8,17H2,1H3. The van der Waals surface area contributed by atoms with Crippen molar-refractivity contribution in [2.24, 2.45) is 0 Å². The van der Waals surface area contributed by atoms with Crippen molar-refractivity contribution in [3.05, 3.63) is 23.8 Å². The summed E-state index contributed by atoms with van der Waals surface area (Å²) in [6.45, 7) is 1.17. The fourth-order valence-corrected chi connectivity index (χ4v) is 2.99. The molecule has 1 N–H and O–H groups in total. The third-order valence-corrected chi connectivity index (χ3v) is 4.20. The lowest BCUT2D eigenvalue weighted by Crippen LogP contribution is -2.24. The number of hydrogen-bond acceptors (Lipinski definition) is 2. The second-order valence-electron chi connectivity index (χ2n) is 5.38. The second kappa shape index (κ2) is 4.59. The van der Waals surface area contributed by atoms with E-state index in [9.17, 15) is 0 Å². The third-order valence-electron chi connectivity index (χ3n) is 3.84. The molecule has 3 rings (SSSR count). The molecule has 0 saturated heterocycles. The van der Waals surface area contributed by atoms with Gasteiger partial charge in [0.15, 0.2) is 0 Å². The van der Waals surface area contributed by atoms with E-state index in [4.69, 9.17) is 0 Å². The fourth-order valence-electron chi connectivity index (χ4n) is 2.72. The molecule has 1 aromatic carbocycles. The quantitative estimate of drug-likeness (QED) is 0.807. The SMILES string of the molecule is CN1CCCC(NC2CC2)c2cc(P)ccc21. The normalized spacial score (nSPS) is 24.4. The number of nitrogens with zero attached hydrogens (tertiary/aromatic N) is 1. The van der Waals surface area contributed by atoms with Gasteiger partial charge in [0.2, 0.25) is 0 Å². The van der Waals surface area contributed by atoms with Crippen molar-refractivity contribution in [1.29, 1.82) is 0 Å². The Kier molecular flexibility index (Phi) is 3.10. The van der Waals surface area contributed by atoms with Gasteiger partial charge >= 0.3 is 0 Å². The van der Waals surface area contributed by atoms with Crippen LogP contribution in [0.4, 0.5) is 5.69 Å². The van der Waals surface area contributed by atoms with E-state index >= 15 is 0 Å². The Morgan fingerprint density at radius 3 is 2.88 bits per heavy atom. The van der Waals surface area contributed by atoms with Crippen molar-refractivity contribution in [2.75, 3.05) is 18.5 Å². The Morgan fingerprint density at radius 2 is 2.12 bits per heavy atom. The number of rotatable bonds is 2. The van der Waals surface area contributed by atoms with Gasteiger partial charge < -0.3 is 10.2 Å². The molecule has 1 aliphatic carbocycles. The maximum absolute atomic E-state index is 3.80. The van der Waals surface area contributed by atoms with Crippen LogP contribution in [0.1, 0.15) is 37.3 Å². The zero-order valence-corrected chi connectivity index (χ0v) is 11.6. The summed E-state index contributed by atoms with van der Waals surface area (Å²) in [5.74, 6) is 0. The lowest BCUT2D eigenvalue weighted by atomic mass is 10.0. The molecular formula is C14H21N2P. The topological polar surface area (TPSA) is 15.3 Å². The predicted octanol–water partition coefficient (Wildman–Crippen LogP) is 2.21. The molecule has 1 aliphatic heterocycles. The molecule has 17 heavy (non-hydrogen) atoms. The number of benzene rings is 1. The molecule has 0 spiro atoms. The molecule has 0 bridgehead atoms. The van der Waals surface area contributed by atoms with Crippen LogP contribution in [-0.2, 0) is 0 Å². The average molecular weight is 248 g/mol. The molecular weight excluding hydrogens is 227 g/mol. The van der Waals surface area contributed by atoms with Crippen LogP contribution in [0.2, 0.25) is 0 Å². The smallest absolute Gasteiger partial charge is 0.0412 e. The third kappa shape index (κ3) is 2.48. The van der Waals surface area contributed by atoms with Gasteiger partial charge in [0.25, 0.3) is 0 Å². The van der Waals surface area contributed by atoms with E-state index in [2.05, 4.69) is 44.7 Å². The first-order valence-corrected chi connectivity index (χ1v) is 7.18. The number of nitrogens with one attached hydrogen (secondary N) is 1. The summed E-state index contributed by atoms with van der Waals surface area (Å²) in [6.07, 6.45) is 5.27. The summed E-state index contributed by atoms with van der Waals surface area (Å²) in [4.78, 5) is 2.40. The van der Waals surface area contributed by atoms with E-state index in [1.165, 1.54) is 48.8 Å². The summed E-state index contributed by atoms with van der Waals surface area (Å²) >= 11 is 0. The summed E-state index contributed by atoms with van der Waals surface area (Å²) < 4.78 is 0. The van der Waals surface area contributed by atoms with Crippen molar-refractivity contribution in [3.8, 4) is 0 Å². The number of fused-ring (bicyclic) bond motifs is 1. The van der Waals surface area contributed by atoms with Crippen molar-refractivity contribution in [2.45, 2.75) is 37.8 Å². The monoisotopic (exact) mass is 248 g/mol. The lowest BCUT2D eigenvalue weighted by molar-refractivity contribution is 0.494. The van der Waals surface area contributed by atoms with Crippen molar-refractivity contribution in [3.63, 3.8) is 0 Å². The predicted molar refractivity (Wildman–Crippen MR) is 77.2 cm³/mol. The highest BCUT2D eigenvalue weighted by molar-refractivity contribution is 7.27. The van der Waals surface area contributed by atoms with E-state index in [1.807, 2.05) is 0 Å². The summed E-state index contributed by atoms with van der Waals surface area (Å²) in [5.41, 5.74) is 2.90. The molecule has 2 nitrogen and oxygen atoms in total. The van der Waals surface area contributed by atoms with E-state index < -0.39 is 0 Å². The van der Waals surface area contributed by atoms with Crippen LogP contribution in [0.25, 0.3) is 0 Å². The van der Waals surface area contributed by atoms with Gasteiger partial charge in [0.1, 0.15) is 0 Å². The van der Waals surface area contributed by atoms with E-state index in [0.717, 1.165) is 6.04 Å². The molecule has 0 amide bonds. The first kappa shape index (κ1) is 11.5. The molecule has 2 aliphatic rings. The molecule has 92 valence electrons. The zero-order valence-electron chi connectivity index (χ0n) is 10.4. The highest BCUT2D eigenvalue weighted by Crippen LogP contribution is 2.34. The molecule has 2 unspecified atom stereocenters. The Hall–Kier alpha value is -0.590. The van der Waals surface area contributed by atoms with Crippen LogP contribution in [0, 0.1) is 0 Å². The first-order chi connectivity index (χ1) is 8.24. The van der Waals surface area contributed by atoms with Crippen molar-refractivity contribution in [1.82, 2.24) is 5.32 Å². The van der Waals surface area contributed by atoms with Gasteiger partial charge in [-0.15, -0.1) is 9.24 Å². The van der Waals surface area contributed by atoms with Gasteiger partial charge in [-0.1, -0.05) is 6.07 Å². The van der Waals surface area contributed by atoms with Gasteiger partial charge in [-0.3, -0.25) is 0 Å². The van der Waals surface area contributed by atoms with Crippen molar-refractivity contribution >= 4 is 20.2 Å². The first-order valence-electron chi connectivity index (χ1n) is 6.60. The summed E-state index contributed by atoms with van der Waals surface area (Å²) in [7, 11) is 5.03. The molecule has 1 fully saturated rings. The van der Waals surface area contributed by atoms with E-state index in [-0.39, 0.29) is 0 Å². The van der Waals surface area contributed by atoms with Crippen LogP contribution in [-0.4, -0.2) is 19.6 Å². The Bertz CT molecular complexity index is 415. The van der Waals surface area contributed by atoms with Gasteiger partial charge in [0, 0.05) is 31.4 Å². The minimum absolute atomic E-state index is 0.558. The molecule has 1 heterocycles. The maximum atomic E-state index is 3.80. The van der Waals surface area contributed by atoms with Crippen LogP contribution >= 0.6 is 9.24 Å². The molecule has 2 atom stereocenters. The Morgan fingerprint density at radius 1 is 1.29 bits per heavy atom. The number of anilines is 1. The highest BCUT2D eigenvalue weighted by Gasteiger charge is 2.28. The summed E-state index contributed by atoms with van der Waals surface area (Å²) in [6, 6.07) is 8.14. The highest BCUT2D eigenvalue weighted by atomic mass is 31.0. The van der Waals surface area contributed by atoms with E-state index in [0.29, 0.717) is 6.04 Å². The van der Waals surface area contributed by atoms with Crippen LogP contribution in [0.5, 0.6) is 0 Å². The summed E-state index contributed by atoms with van der Waals surface area (Å²) in [5, 5.41) is 5.09. The van der Waals surface area contributed by atoms with Crippen molar-refractivity contribution < 1.29 is 0 Å². The molecule has 0 radical (unpaired) electrons. The van der Waals surface area contributed by atoms with Gasteiger partial charge in [-0.2, -0.15) is 0 Å². The largest absolute Gasteiger partial charge is 0.374 e. The van der Waals surface area contributed by atoms with Gasteiger partial charge in [-0.05, 0) is 48.7 Å². The molecule has 1 aromatic rings. The Balaban J connectivity index is 1.95. The maximum Gasteiger partial charge on any atom is 0.0412 e. The van der Waals surface area contributed by atoms with Gasteiger partial charge in [0.05, 0.1) is 0 Å².